The molecular weight excluding hydrogens is 461 g/mol. The SMILES string of the molecule is C=C(C)C(=O)OC1CC(CC[Si](O[Si](C)(C)C)(O[Si](C)(C)C)O[Si](C)(C)C)CCC1O. The summed E-state index contributed by atoms with van der Waals surface area (Å²) >= 11 is 0. The fourth-order valence-corrected chi connectivity index (χ4v) is 18.6. The van der Waals surface area contributed by atoms with Crippen LogP contribution in [0.1, 0.15) is 32.6 Å². The molecule has 1 aliphatic carbocycles. The van der Waals surface area contributed by atoms with Crippen molar-refractivity contribution in [1.82, 2.24) is 0 Å². The van der Waals surface area contributed by atoms with Crippen molar-refractivity contribution in [3.63, 3.8) is 0 Å². The number of hydrogen-bond acceptors (Lipinski definition) is 6. The smallest absolute Gasteiger partial charge is 0.456 e. The number of carbonyl (C=O) groups is 1. The highest BCUT2D eigenvalue weighted by Crippen LogP contribution is 2.36. The van der Waals surface area contributed by atoms with Crippen LogP contribution in [-0.2, 0) is 21.9 Å². The number of hydrogen-bond donors (Lipinski definition) is 1. The van der Waals surface area contributed by atoms with Crippen molar-refractivity contribution in [2.75, 3.05) is 0 Å². The molecule has 0 aliphatic heterocycles. The van der Waals surface area contributed by atoms with E-state index in [2.05, 4.69) is 65.5 Å². The third-order valence-electron chi connectivity index (χ3n) is 4.72. The first-order chi connectivity index (χ1) is 13.8. The van der Waals surface area contributed by atoms with E-state index in [0.717, 1.165) is 18.9 Å². The van der Waals surface area contributed by atoms with E-state index < -0.39 is 51.9 Å². The molecule has 0 heterocycles. The third-order valence-corrected chi connectivity index (χ3v) is 16.7. The average molecular weight is 507 g/mol. The molecule has 0 radical (unpaired) electrons. The van der Waals surface area contributed by atoms with Gasteiger partial charge in [0.1, 0.15) is 6.10 Å². The highest BCUT2D eigenvalue weighted by atomic mass is 28.5. The van der Waals surface area contributed by atoms with Gasteiger partial charge in [-0.25, -0.2) is 4.79 Å². The van der Waals surface area contributed by atoms with Gasteiger partial charge < -0.3 is 22.2 Å². The van der Waals surface area contributed by atoms with Gasteiger partial charge in [-0.1, -0.05) is 6.58 Å². The van der Waals surface area contributed by atoms with Gasteiger partial charge in [0.05, 0.1) is 6.10 Å². The van der Waals surface area contributed by atoms with E-state index in [1.807, 2.05) is 0 Å². The van der Waals surface area contributed by atoms with Crippen molar-refractivity contribution in [3.8, 4) is 0 Å². The van der Waals surface area contributed by atoms with Gasteiger partial charge in [0, 0.05) is 11.6 Å². The minimum Gasteiger partial charge on any atom is -0.456 e. The molecule has 3 atom stereocenters. The Hall–Kier alpha value is -0.0825. The van der Waals surface area contributed by atoms with E-state index in [1.165, 1.54) is 0 Å². The number of rotatable bonds is 11. The van der Waals surface area contributed by atoms with E-state index >= 15 is 0 Å². The van der Waals surface area contributed by atoms with Crippen molar-refractivity contribution in [1.29, 1.82) is 0 Å². The van der Waals surface area contributed by atoms with Crippen molar-refractivity contribution in [3.05, 3.63) is 12.2 Å². The summed E-state index contributed by atoms with van der Waals surface area (Å²) in [5.41, 5.74) is 0.358. The van der Waals surface area contributed by atoms with Crippen LogP contribution >= 0.6 is 0 Å². The van der Waals surface area contributed by atoms with Crippen LogP contribution in [0.3, 0.4) is 0 Å². The average Bonchev–Trinajstić information content (AvgIpc) is 2.50. The fourth-order valence-electron chi connectivity index (χ4n) is 3.82. The molecule has 182 valence electrons. The first kappa shape index (κ1) is 28.9. The Morgan fingerprint density at radius 2 is 1.35 bits per heavy atom. The summed E-state index contributed by atoms with van der Waals surface area (Å²) in [6, 6.07) is 0.772. The third kappa shape index (κ3) is 11.6. The Kier molecular flexibility index (Phi) is 10.2. The molecule has 0 aromatic carbocycles. The lowest BCUT2D eigenvalue weighted by molar-refractivity contribution is -0.154. The number of aliphatic hydroxyl groups excluding tert-OH is 1. The lowest BCUT2D eigenvalue weighted by Crippen LogP contribution is -2.60. The first-order valence-electron chi connectivity index (χ1n) is 11.5. The number of aliphatic hydroxyl groups is 1. The molecular formula is C21H46O6Si4. The molecule has 6 nitrogen and oxygen atoms in total. The van der Waals surface area contributed by atoms with Crippen molar-refractivity contribution >= 4 is 39.7 Å². The molecule has 0 aromatic heterocycles. The maximum absolute atomic E-state index is 12.0. The van der Waals surface area contributed by atoms with E-state index in [1.54, 1.807) is 6.92 Å². The molecule has 0 bridgehead atoms. The van der Waals surface area contributed by atoms with Gasteiger partial charge >= 0.3 is 14.8 Å². The molecule has 3 unspecified atom stereocenters. The van der Waals surface area contributed by atoms with Gasteiger partial charge in [0.15, 0.2) is 25.0 Å². The van der Waals surface area contributed by atoms with Crippen LogP contribution in [0.5, 0.6) is 0 Å². The summed E-state index contributed by atoms with van der Waals surface area (Å²) in [7, 11) is -8.58. The largest absolute Gasteiger partial charge is 0.469 e. The number of ether oxygens (including phenoxy) is 1. The van der Waals surface area contributed by atoms with Gasteiger partial charge in [-0.15, -0.1) is 0 Å². The van der Waals surface area contributed by atoms with Crippen molar-refractivity contribution < 1.29 is 27.0 Å². The van der Waals surface area contributed by atoms with Crippen LogP contribution in [0.4, 0.5) is 0 Å². The van der Waals surface area contributed by atoms with Crippen LogP contribution in [0.25, 0.3) is 0 Å². The Bertz CT molecular complexity index is 580. The fraction of sp³-hybridized carbons (Fsp3) is 0.857. The Labute approximate surface area is 194 Å². The first-order valence-corrected chi connectivity index (χ1v) is 23.6. The predicted molar refractivity (Wildman–Crippen MR) is 137 cm³/mol. The number of esters is 1. The Balaban J connectivity index is 3.02. The zero-order valence-corrected chi connectivity index (χ0v) is 25.5. The zero-order valence-electron chi connectivity index (χ0n) is 21.5. The quantitative estimate of drug-likeness (QED) is 0.226. The highest BCUT2D eigenvalue weighted by molar-refractivity contribution is 6.90. The predicted octanol–water partition coefficient (Wildman–Crippen LogP) is 5.52. The molecule has 1 aliphatic rings. The second kappa shape index (κ2) is 10.9. The standard InChI is InChI=1S/C21H46O6Si4/c1-17(2)21(23)24-20-16-18(12-13-19(20)22)14-15-31(25-28(3,4)5,26-29(6,7)8)27-30(9,10)11/h18-20,22H,1,12-16H2,2-11H3. The van der Waals surface area contributed by atoms with Crippen molar-refractivity contribution in [2.24, 2.45) is 5.92 Å². The Morgan fingerprint density at radius 1 is 0.903 bits per heavy atom. The van der Waals surface area contributed by atoms with Gasteiger partial charge in [0.25, 0.3) is 0 Å². The lowest BCUT2D eigenvalue weighted by Gasteiger charge is -2.43. The van der Waals surface area contributed by atoms with Gasteiger partial charge in [-0.2, -0.15) is 0 Å². The molecule has 10 heteroatoms. The molecule has 0 amide bonds. The minimum absolute atomic E-state index is 0.332. The second-order valence-corrected chi connectivity index (χ2v) is 28.8. The van der Waals surface area contributed by atoms with E-state index in [4.69, 9.17) is 17.1 Å². The molecule has 0 spiro atoms. The molecule has 1 N–H and O–H groups in total. The van der Waals surface area contributed by atoms with E-state index in [0.29, 0.717) is 24.3 Å². The van der Waals surface area contributed by atoms with E-state index in [-0.39, 0.29) is 0 Å². The van der Waals surface area contributed by atoms with Crippen LogP contribution in [-0.4, -0.2) is 57.0 Å². The van der Waals surface area contributed by atoms with Gasteiger partial charge in [0.2, 0.25) is 0 Å². The summed E-state index contributed by atoms with van der Waals surface area (Å²) in [6.07, 6.45) is 1.98. The summed E-state index contributed by atoms with van der Waals surface area (Å²) < 4.78 is 25.8. The lowest BCUT2D eigenvalue weighted by atomic mass is 9.84. The van der Waals surface area contributed by atoms with Crippen LogP contribution in [0.15, 0.2) is 12.2 Å². The molecule has 1 fully saturated rings. The van der Waals surface area contributed by atoms with Gasteiger partial charge in [-0.05, 0) is 97.4 Å². The van der Waals surface area contributed by atoms with Crippen LogP contribution in [0, 0.1) is 5.92 Å². The molecule has 1 saturated carbocycles. The maximum Gasteiger partial charge on any atom is 0.469 e. The number of carbonyl (C=O) groups excluding carboxylic acids is 1. The maximum atomic E-state index is 12.0. The second-order valence-electron chi connectivity index (χ2n) is 11.8. The van der Waals surface area contributed by atoms with Crippen LogP contribution < -0.4 is 0 Å². The summed E-state index contributed by atoms with van der Waals surface area (Å²) in [6.45, 7) is 25.0. The molecule has 0 aromatic rings. The minimum atomic E-state index is -2.87. The normalized spacial score (nSPS) is 23.5. The van der Waals surface area contributed by atoms with Gasteiger partial charge in [-0.3, -0.25) is 0 Å². The van der Waals surface area contributed by atoms with Crippen molar-refractivity contribution in [2.45, 2.75) is 110 Å². The van der Waals surface area contributed by atoms with E-state index in [9.17, 15) is 9.90 Å². The highest BCUT2D eigenvalue weighted by Gasteiger charge is 2.50. The molecule has 31 heavy (non-hydrogen) atoms. The summed E-state index contributed by atoms with van der Waals surface area (Å²) in [5, 5.41) is 10.3. The monoisotopic (exact) mass is 506 g/mol. The molecule has 1 rings (SSSR count). The summed E-state index contributed by atoms with van der Waals surface area (Å²) in [4.78, 5) is 12.0. The zero-order chi connectivity index (χ0) is 24.3. The van der Waals surface area contributed by atoms with Crippen LogP contribution in [0.2, 0.25) is 65.0 Å². The topological polar surface area (TPSA) is 74.2 Å². The summed E-state index contributed by atoms with van der Waals surface area (Å²) in [5.74, 6) is -0.0986. The Morgan fingerprint density at radius 3 is 1.74 bits per heavy atom. The molecule has 0 saturated heterocycles.